The van der Waals surface area contributed by atoms with Crippen molar-refractivity contribution in [3.63, 3.8) is 0 Å². The van der Waals surface area contributed by atoms with Gasteiger partial charge in [0.2, 0.25) is 4.96 Å². The highest BCUT2D eigenvalue weighted by molar-refractivity contribution is 7.16. The van der Waals surface area contributed by atoms with Crippen LogP contribution in [0, 0.1) is 0 Å². The van der Waals surface area contributed by atoms with Crippen LogP contribution in [0.4, 0.5) is 0 Å². The minimum atomic E-state index is 0.295. The minimum absolute atomic E-state index is 0.295. The van der Waals surface area contributed by atoms with Gasteiger partial charge < -0.3 is 5.73 Å². The number of hydrogen-bond acceptors (Lipinski definition) is 5. The Morgan fingerprint density at radius 3 is 2.71 bits per heavy atom. The van der Waals surface area contributed by atoms with E-state index in [4.69, 9.17) is 10.8 Å². The molecule has 6 heteroatoms. The SMILES string of the molecule is CC(N)CCCC(C)c1nn2c(C3CCCC3)nnc2s1. The normalized spacial score (nSPS) is 19.4. The third-order valence-corrected chi connectivity index (χ3v) is 5.60. The standard InChI is InChI=1S/C15H25N5S/c1-10(6-5-7-11(2)16)14-19-20-13(12-8-3-4-9-12)17-18-15(20)21-14/h10-12H,3-9,16H2,1-2H3. The Morgan fingerprint density at radius 2 is 2.00 bits per heavy atom. The number of nitrogens with two attached hydrogens (primary N) is 1. The molecule has 0 aromatic carbocycles. The Kier molecular flexibility index (Phi) is 4.54. The minimum Gasteiger partial charge on any atom is -0.328 e. The second-order valence-corrected chi connectivity index (χ2v) is 7.47. The molecule has 2 heterocycles. The van der Waals surface area contributed by atoms with Crippen molar-refractivity contribution in [2.45, 2.75) is 76.7 Å². The van der Waals surface area contributed by atoms with Crippen LogP contribution < -0.4 is 5.73 Å². The van der Waals surface area contributed by atoms with E-state index in [9.17, 15) is 0 Å². The molecule has 0 radical (unpaired) electrons. The first-order chi connectivity index (χ1) is 10.1. The number of fused-ring (bicyclic) bond motifs is 1. The summed E-state index contributed by atoms with van der Waals surface area (Å²) in [5.41, 5.74) is 5.82. The summed E-state index contributed by atoms with van der Waals surface area (Å²) < 4.78 is 2.00. The van der Waals surface area contributed by atoms with Crippen molar-refractivity contribution >= 4 is 16.3 Å². The molecule has 0 amide bonds. The van der Waals surface area contributed by atoms with E-state index < -0.39 is 0 Å². The highest BCUT2D eigenvalue weighted by Crippen LogP contribution is 2.34. The van der Waals surface area contributed by atoms with Crippen molar-refractivity contribution in [1.29, 1.82) is 0 Å². The molecule has 1 aliphatic carbocycles. The second-order valence-electron chi connectivity index (χ2n) is 6.48. The zero-order chi connectivity index (χ0) is 14.8. The molecule has 2 atom stereocenters. The lowest BCUT2D eigenvalue weighted by atomic mass is 10.0. The maximum absolute atomic E-state index is 5.82. The first-order valence-corrected chi connectivity index (χ1v) is 8.94. The number of nitrogens with zero attached hydrogens (tertiary/aromatic N) is 4. The fraction of sp³-hybridized carbons (Fsp3) is 0.800. The fourth-order valence-corrected chi connectivity index (χ4v) is 4.09. The predicted molar refractivity (Wildman–Crippen MR) is 85.8 cm³/mol. The third-order valence-electron chi connectivity index (χ3n) is 4.47. The van der Waals surface area contributed by atoms with Gasteiger partial charge in [0.1, 0.15) is 5.01 Å². The van der Waals surface area contributed by atoms with E-state index >= 15 is 0 Å². The molecule has 116 valence electrons. The van der Waals surface area contributed by atoms with Crippen LogP contribution in [-0.4, -0.2) is 25.9 Å². The molecule has 2 unspecified atom stereocenters. The summed E-state index contributed by atoms with van der Waals surface area (Å²) in [6.45, 7) is 4.32. The van der Waals surface area contributed by atoms with E-state index in [1.807, 2.05) is 4.52 Å². The Labute approximate surface area is 129 Å². The average molecular weight is 307 g/mol. The smallest absolute Gasteiger partial charge is 0.234 e. The van der Waals surface area contributed by atoms with Crippen LogP contribution in [0.5, 0.6) is 0 Å². The molecule has 0 aliphatic heterocycles. The molecule has 0 saturated heterocycles. The fourth-order valence-electron chi connectivity index (χ4n) is 3.15. The predicted octanol–water partition coefficient (Wildman–Crippen LogP) is 3.46. The largest absolute Gasteiger partial charge is 0.328 e. The molecule has 2 aromatic rings. The Hall–Kier alpha value is -1.01. The van der Waals surface area contributed by atoms with Gasteiger partial charge in [-0.25, -0.2) is 0 Å². The summed E-state index contributed by atoms with van der Waals surface area (Å²) in [5.74, 6) is 2.11. The van der Waals surface area contributed by atoms with E-state index in [1.54, 1.807) is 11.3 Å². The van der Waals surface area contributed by atoms with Crippen LogP contribution in [0.15, 0.2) is 0 Å². The average Bonchev–Trinajstić information content (AvgIpc) is 3.13. The highest BCUT2D eigenvalue weighted by Gasteiger charge is 2.24. The first kappa shape index (κ1) is 14.9. The van der Waals surface area contributed by atoms with E-state index in [0.29, 0.717) is 17.9 Å². The summed E-state index contributed by atoms with van der Waals surface area (Å²) >= 11 is 1.69. The van der Waals surface area contributed by atoms with Crippen LogP contribution >= 0.6 is 11.3 Å². The van der Waals surface area contributed by atoms with Gasteiger partial charge in [-0.05, 0) is 32.6 Å². The summed E-state index contributed by atoms with van der Waals surface area (Å²) in [6, 6.07) is 0.295. The van der Waals surface area contributed by atoms with Gasteiger partial charge in [-0.2, -0.15) is 9.61 Å². The first-order valence-electron chi connectivity index (χ1n) is 8.12. The van der Waals surface area contributed by atoms with Gasteiger partial charge in [0.25, 0.3) is 0 Å². The summed E-state index contributed by atoms with van der Waals surface area (Å²) in [5, 5.41) is 14.7. The highest BCUT2D eigenvalue weighted by atomic mass is 32.1. The molecule has 21 heavy (non-hydrogen) atoms. The maximum atomic E-state index is 5.82. The van der Waals surface area contributed by atoms with Crippen molar-refractivity contribution in [1.82, 2.24) is 19.8 Å². The molecule has 3 rings (SSSR count). The third kappa shape index (κ3) is 3.26. The van der Waals surface area contributed by atoms with E-state index in [1.165, 1.54) is 30.7 Å². The monoisotopic (exact) mass is 307 g/mol. The number of rotatable bonds is 6. The Balaban J connectivity index is 1.71. The molecule has 5 nitrogen and oxygen atoms in total. The topological polar surface area (TPSA) is 69.1 Å². The summed E-state index contributed by atoms with van der Waals surface area (Å²) in [4.78, 5) is 0.950. The van der Waals surface area contributed by atoms with Gasteiger partial charge in [0.15, 0.2) is 5.82 Å². The molecular formula is C15H25N5S. The van der Waals surface area contributed by atoms with Crippen molar-refractivity contribution in [2.24, 2.45) is 5.73 Å². The van der Waals surface area contributed by atoms with Gasteiger partial charge in [-0.15, -0.1) is 10.2 Å². The van der Waals surface area contributed by atoms with Gasteiger partial charge in [0, 0.05) is 17.9 Å². The van der Waals surface area contributed by atoms with Crippen LogP contribution in [0.3, 0.4) is 0 Å². The Bertz CT molecular complexity index is 582. The lowest BCUT2D eigenvalue weighted by Gasteiger charge is -2.09. The van der Waals surface area contributed by atoms with Crippen LogP contribution in [0.1, 0.15) is 81.5 Å². The lowest BCUT2D eigenvalue weighted by Crippen LogP contribution is -2.14. The van der Waals surface area contributed by atoms with Crippen molar-refractivity contribution in [3.05, 3.63) is 10.8 Å². The number of aromatic nitrogens is 4. The summed E-state index contributed by atoms with van der Waals surface area (Å²) in [6.07, 6.45) is 8.48. The van der Waals surface area contributed by atoms with Crippen LogP contribution in [0.25, 0.3) is 4.96 Å². The second kappa shape index (κ2) is 6.40. The quantitative estimate of drug-likeness (QED) is 0.887. The number of hydrogen-bond donors (Lipinski definition) is 1. The van der Waals surface area contributed by atoms with Crippen LogP contribution in [0.2, 0.25) is 0 Å². The molecule has 1 saturated carbocycles. The molecular weight excluding hydrogens is 282 g/mol. The molecule has 0 bridgehead atoms. The molecule has 2 aromatic heterocycles. The van der Waals surface area contributed by atoms with E-state index in [-0.39, 0.29) is 0 Å². The Morgan fingerprint density at radius 1 is 1.24 bits per heavy atom. The van der Waals surface area contributed by atoms with Gasteiger partial charge in [-0.3, -0.25) is 0 Å². The van der Waals surface area contributed by atoms with Crippen molar-refractivity contribution in [3.8, 4) is 0 Å². The van der Waals surface area contributed by atoms with Crippen molar-refractivity contribution < 1.29 is 0 Å². The van der Waals surface area contributed by atoms with Gasteiger partial charge >= 0.3 is 0 Å². The molecule has 0 spiro atoms. The maximum Gasteiger partial charge on any atom is 0.234 e. The van der Waals surface area contributed by atoms with Crippen molar-refractivity contribution in [2.75, 3.05) is 0 Å². The zero-order valence-electron chi connectivity index (χ0n) is 13.0. The molecule has 1 fully saturated rings. The molecule has 2 N–H and O–H groups in total. The molecule has 1 aliphatic rings. The summed E-state index contributed by atoms with van der Waals surface area (Å²) in [7, 11) is 0. The van der Waals surface area contributed by atoms with Gasteiger partial charge in [0.05, 0.1) is 0 Å². The lowest BCUT2D eigenvalue weighted by molar-refractivity contribution is 0.550. The van der Waals surface area contributed by atoms with Crippen LogP contribution in [-0.2, 0) is 0 Å². The van der Waals surface area contributed by atoms with Gasteiger partial charge in [-0.1, -0.05) is 37.5 Å². The van der Waals surface area contributed by atoms with E-state index in [2.05, 4.69) is 24.0 Å². The zero-order valence-corrected chi connectivity index (χ0v) is 13.8. The van der Waals surface area contributed by atoms with E-state index in [0.717, 1.165) is 30.0 Å².